The molecule has 0 aliphatic rings. The summed E-state index contributed by atoms with van der Waals surface area (Å²) in [5, 5.41) is 36.1. The Hall–Kier alpha value is -4.77. The number of benzene rings is 2. The molecule has 2 aromatic rings. The standard InChI is InChI=1S/C23H22N6O5/c1-34-23(31)28-27-21(20(15-25)17-10-8-16(9-11-17)12-13-24)6-3-7-22(30)26-18-4-2-5-19(14-18)29(32)33/h2,4-5,8-11,14,20H,3,6-7,12H2,1H3,(H,26,30)(H,28,31)/b27-21+/t20-/m1/s1. The van der Waals surface area contributed by atoms with Crippen LogP contribution in [0.1, 0.15) is 36.3 Å². The van der Waals surface area contributed by atoms with Crippen LogP contribution in [0.25, 0.3) is 0 Å². The maximum Gasteiger partial charge on any atom is 0.427 e. The van der Waals surface area contributed by atoms with Crippen LogP contribution in [-0.4, -0.2) is 29.7 Å². The Morgan fingerprint density at radius 1 is 1.18 bits per heavy atom. The van der Waals surface area contributed by atoms with Gasteiger partial charge in [-0.15, -0.1) is 0 Å². The number of amides is 2. The number of non-ortho nitro benzene ring substituents is 1. The number of carbonyl (C=O) groups is 2. The van der Waals surface area contributed by atoms with Crippen LogP contribution < -0.4 is 10.7 Å². The second kappa shape index (κ2) is 12.9. The highest BCUT2D eigenvalue weighted by atomic mass is 16.6. The maximum absolute atomic E-state index is 12.3. The SMILES string of the molecule is COC(=O)N/N=C(\CCCC(=O)Nc1cccc([N+](=O)[O-])c1)[C@H](C#N)c1ccc(CC#N)cc1. The lowest BCUT2D eigenvalue weighted by Crippen LogP contribution is -2.22. The number of nitrogens with one attached hydrogen (secondary N) is 2. The lowest BCUT2D eigenvalue weighted by atomic mass is 9.91. The minimum Gasteiger partial charge on any atom is -0.452 e. The van der Waals surface area contributed by atoms with Crippen molar-refractivity contribution in [3.8, 4) is 12.1 Å². The van der Waals surface area contributed by atoms with Gasteiger partial charge in [0.25, 0.3) is 5.69 Å². The lowest BCUT2D eigenvalue weighted by molar-refractivity contribution is -0.384. The Kier molecular flexibility index (Phi) is 9.70. The lowest BCUT2D eigenvalue weighted by Gasteiger charge is -2.14. The first-order chi connectivity index (χ1) is 16.4. The molecule has 0 heterocycles. The molecule has 0 unspecified atom stereocenters. The zero-order valence-corrected chi connectivity index (χ0v) is 18.4. The van der Waals surface area contributed by atoms with Crippen LogP contribution in [-0.2, 0) is 16.0 Å². The van der Waals surface area contributed by atoms with Gasteiger partial charge in [0.2, 0.25) is 5.91 Å². The van der Waals surface area contributed by atoms with Gasteiger partial charge in [0.15, 0.2) is 0 Å². The average Bonchev–Trinajstić information content (AvgIpc) is 2.83. The molecule has 2 rings (SSSR count). The van der Waals surface area contributed by atoms with Crippen molar-refractivity contribution in [2.45, 2.75) is 31.6 Å². The summed E-state index contributed by atoms with van der Waals surface area (Å²) in [6.45, 7) is 0. The van der Waals surface area contributed by atoms with Crippen LogP contribution in [0.3, 0.4) is 0 Å². The molecule has 0 bridgehead atoms. The first-order valence-electron chi connectivity index (χ1n) is 10.2. The number of ether oxygens (including phenoxy) is 1. The molecule has 34 heavy (non-hydrogen) atoms. The quantitative estimate of drug-likeness (QED) is 0.307. The summed E-state index contributed by atoms with van der Waals surface area (Å²) in [4.78, 5) is 34.1. The van der Waals surface area contributed by atoms with Crippen LogP contribution in [0.5, 0.6) is 0 Å². The summed E-state index contributed by atoms with van der Waals surface area (Å²) in [6.07, 6.45) is 0.000722. The van der Waals surface area contributed by atoms with Crippen molar-refractivity contribution in [3.63, 3.8) is 0 Å². The third kappa shape index (κ3) is 7.73. The molecule has 2 amide bonds. The van der Waals surface area contributed by atoms with Crippen molar-refractivity contribution in [2.24, 2.45) is 5.10 Å². The predicted octanol–water partition coefficient (Wildman–Crippen LogP) is 3.79. The number of rotatable bonds is 10. The molecule has 0 saturated heterocycles. The van der Waals surface area contributed by atoms with Gasteiger partial charge in [-0.1, -0.05) is 30.3 Å². The van der Waals surface area contributed by atoms with E-state index in [1.165, 1.54) is 25.3 Å². The van der Waals surface area contributed by atoms with Gasteiger partial charge in [0.1, 0.15) is 5.92 Å². The van der Waals surface area contributed by atoms with E-state index in [2.05, 4.69) is 32.7 Å². The van der Waals surface area contributed by atoms with Crippen LogP contribution in [0.15, 0.2) is 53.6 Å². The predicted molar refractivity (Wildman–Crippen MR) is 123 cm³/mol. The summed E-state index contributed by atoms with van der Waals surface area (Å²) < 4.78 is 4.52. The fourth-order valence-corrected chi connectivity index (χ4v) is 3.04. The van der Waals surface area contributed by atoms with Gasteiger partial charge in [-0.2, -0.15) is 15.6 Å². The van der Waals surface area contributed by atoms with Crippen molar-refractivity contribution in [2.75, 3.05) is 12.4 Å². The van der Waals surface area contributed by atoms with Crippen LogP contribution in [0.4, 0.5) is 16.2 Å². The molecular formula is C23H22N6O5. The molecule has 1 atom stereocenters. The van der Waals surface area contributed by atoms with Crippen LogP contribution >= 0.6 is 0 Å². The number of nitro groups is 1. The van der Waals surface area contributed by atoms with Crippen LogP contribution in [0.2, 0.25) is 0 Å². The summed E-state index contributed by atoms with van der Waals surface area (Å²) in [6, 6.07) is 16.7. The molecule has 11 nitrogen and oxygen atoms in total. The van der Waals surface area contributed by atoms with Gasteiger partial charge in [0.05, 0.1) is 36.3 Å². The number of hydrogen-bond donors (Lipinski definition) is 2. The minimum atomic E-state index is -0.804. The number of carbonyl (C=O) groups excluding carboxylic acids is 2. The number of nitro benzene ring substituents is 1. The molecule has 0 aromatic heterocycles. The van der Waals surface area contributed by atoms with E-state index in [0.717, 1.165) is 5.56 Å². The van der Waals surface area contributed by atoms with E-state index in [4.69, 9.17) is 5.26 Å². The third-order valence-corrected chi connectivity index (χ3v) is 4.71. The summed E-state index contributed by atoms with van der Waals surface area (Å²) >= 11 is 0. The number of nitriles is 2. The highest BCUT2D eigenvalue weighted by Gasteiger charge is 2.19. The van der Waals surface area contributed by atoms with E-state index in [9.17, 15) is 25.0 Å². The first kappa shape index (κ1) is 25.5. The van der Waals surface area contributed by atoms with Crippen molar-refractivity contribution < 1.29 is 19.2 Å². The Bertz CT molecular complexity index is 1150. The van der Waals surface area contributed by atoms with Gasteiger partial charge >= 0.3 is 6.09 Å². The molecule has 11 heteroatoms. The third-order valence-electron chi connectivity index (χ3n) is 4.71. The van der Waals surface area contributed by atoms with Crippen molar-refractivity contribution in [3.05, 3.63) is 69.8 Å². The fraction of sp³-hybridized carbons (Fsp3) is 0.261. The molecule has 0 spiro atoms. The van der Waals surface area contributed by atoms with Gasteiger partial charge in [-0.25, -0.2) is 10.2 Å². The number of methoxy groups -OCH3 is 1. The van der Waals surface area contributed by atoms with E-state index in [1.807, 2.05) is 0 Å². The van der Waals surface area contributed by atoms with E-state index in [-0.39, 0.29) is 30.9 Å². The van der Waals surface area contributed by atoms with Crippen molar-refractivity contribution >= 4 is 29.1 Å². The second-order valence-corrected chi connectivity index (χ2v) is 7.05. The maximum atomic E-state index is 12.3. The Morgan fingerprint density at radius 3 is 2.53 bits per heavy atom. The summed E-state index contributed by atoms with van der Waals surface area (Å²) in [5.74, 6) is -1.16. The molecule has 2 aromatic carbocycles. The largest absolute Gasteiger partial charge is 0.452 e. The van der Waals surface area contributed by atoms with Gasteiger partial charge in [-0.05, 0) is 30.0 Å². The van der Waals surface area contributed by atoms with Gasteiger partial charge < -0.3 is 10.1 Å². The molecule has 2 N–H and O–H groups in total. The van der Waals surface area contributed by atoms with E-state index >= 15 is 0 Å². The van der Waals surface area contributed by atoms with Gasteiger partial charge in [0, 0.05) is 24.2 Å². The fourth-order valence-electron chi connectivity index (χ4n) is 3.04. The molecular weight excluding hydrogens is 440 g/mol. The highest BCUT2D eigenvalue weighted by molar-refractivity contribution is 5.95. The highest BCUT2D eigenvalue weighted by Crippen LogP contribution is 2.22. The van der Waals surface area contributed by atoms with E-state index in [0.29, 0.717) is 23.4 Å². The van der Waals surface area contributed by atoms with E-state index in [1.54, 1.807) is 30.3 Å². The smallest absolute Gasteiger partial charge is 0.427 e. The Labute approximate surface area is 195 Å². The Balaban J connectivity index is 2.08. The molecule has 174 valence electrons. The number of anilines is 1. The number of hydrazone groups is 1. The number of nitrogens with zero attached hydrogens (tertiary/aromatic N) is 4. The summed E-state index contributed by atoms with van der Waals surface area (Å²) in [7, 11) is 1.18. The first-order valence-corrected chi connectivity index (χ1v) is 10.2. The number of hydrogen-bond acceptors (Lipinski definition) is 8. The molecule has 0 saturated carbocycles. The van der Waals surface area contributed by atoms with Crippen molar-refractivity contribution in [1.29, 1.82) is 10.5 Å². The zero-order valence-electron chi connectivity index (χ0n) is 18.4. The molecule has 0 radical (unpaired) electrons. The molecule has 0 fully saturated rings. The normalized spacial score (nSPS) is 11.4. The molecule has 0 aliphatic carbocycles. The zero-order chi connectivity index (χ0) is 24.9. The molecule has 0 aliphatic heterocycles. The average molecular weight is 462 g/mol. The van der Waals surface area contributed by atoms with Crippen molar-refractivity contribution in [1.82, 2.24) is 5.43 Å². The Morgan fingerprint density at radius 2 is 1.91 bits per heavy atom. The van der Waals surface area contributed by atoms with Crippen LogP contribution in [0, 0.1) is 32.8 Å². The second-order valence-electron chi connectivity index (χ2n) is 7.05. The topological polar surface area (TPSA) is 171 Å². The summed E-state index contributed by atoms with van der Waals surface area (Å²) in [5.41, 5.74) is 4.11. The van der Waals surface area contributed by atoms with Gasteiger partial charge in [-0.3, -0.25) is 14.9 Å². The minimum absolute atomic E-state index is 0.0548. The van der Waals surface area contributed by atoms with E-state index < -0.39 is 16.9 Å². The monoisotopic (exact) mass is 462 g/mol.